The molecule has 8 nitrogen and oxygen atoms in total. The van der Waals surface area contributed by atoms with Gasteiger partial charge in [0, 0.05) is 47.4 Å². The number of halogens is 1. The fraction of sp³-hybridized carbons (Fsp3) is 0.417. The third-order valence-electron chi connectivity index (χ3n) is 6.26. The second kappa shape index (κ2) is 8.90. The molecule has 4 rings (SSSR count). The van der Waals surface area contributed by atoms with Crippen LogP contribution in [0.15, 0.2) is 36.5 Å². The first-order valence-electron chi connectivity index (χ1n) is 10.9. The molecule has 174 valence electrons. The maximum atomic E-state index is 14.9. The molecule has 1 aliphatic heterocycles. The SMILES string of the molecule is COc1cc(-c2cc(O)c(-c3ccc(N4CC[C@H](N(C)C(C)(C)C)C4)nn3)cc2F)cnn1. The van der Waals surface area contributed by atoms with Crippen LogP contribution in [0.3, 0.4) is 0 Å². The molecular formula is C24H29FN6O2. The van der Waals surface area contributed by atoms with Gasteiger partial charge in [-0.05, 0) is 58.5 Å². The molecule has 0 spiro atoms. The van der Waals surface area contributed by atoms with Gasteiger partial charge in [-0.3, -0.25) is 4.90 Å². The molecule has 1 N–H and O–H groups in total. The summed E-state index contributed by atoms with van der Waals surface area (Å²) < 4.78 is 20.0. The van der Waals surface area contributed by atoms with Crippen molar-refractivity contribution >= 4 is 5.82 Å². The van der Waals surface area contributed by atoms with Crippen LogP contribution in [-0.4, -0.2) is 69.2 Å². The first-order valence-corrected chi connectivity index (χ1v) is 10.9. The molecule has 0 saturated carbocycles. The van der Waals surface area contributed by atoms with Gasteiger partial charge < -0.3 is 14.7 Å². The molecule has 0 unspecified atom stereocenters. The summed E-state index contributed by atoms with van der Waals surface area (Å²) in [5.41, 5.74) is 1.42. The lowest BCUT2D eigenvalue weighted by Gasteiger charge is -2.36. The number of hydrogen-bond donors (Lipinski definition) is 1. The van der Waals surface area contributed by atoms with E-state index in [1.165, 1.54) is 25.4 Å². The smallest absolute Gasteiger partial charge is 0.233 e. The number of methoxy groups -OCH3 is 1. The molecule has 33 heavy (non-hydrogen) atoms. The molecule has 0 aliphatic carbocycles. The van der Waals surface area contributed by atoms with E-state index in [1.54, 1.807) is 12.1 Å². The zero-order chi connectivity index (χ0) is 23.8. The molecule has 1 fully saturated rings. The Morgan fingerprint density at radius 3 is 2.58 bits per heavy atom. The summed E-state index contributed by atoms with van der Waals surface area (Å²) in [5, 5.41) is 26.8. The Hall–Kier alpha value is -3.33. The number of aromatic hydroxyl groups is 1. The van der Waals surface area contributed by atoms with E-state index in [0.29, 0.717) is 17.3 Å². The zero-order valence-corrected chi connectivity index (χ0v) is 19.6. The molecular weight excluding hydrogens is 423 g/mol. The largest absolute Gasteiger partial charge is 0.507 e. The van der Waals surface area contributed by atoms with Crippen LogP contribution in [0.25, 0.3) is 22.4 Å². The number of anilines is 1. The predicted molar refractivity (Wildman–Crippen MR) is 125 cm³/mol. The van der Waals surface area contributed by atoms with E-state index in [-0.39, 0.29) is 28.3 Å². The van der Waals surface area contributed by atoms with Gasteiger partial charge in [0.15, 0.2) is 5.82 Å². The molecule has 2 aromatic heterocycles. The molecule has 3 heterocycles. The van der Waals surface area contributed by atoms with Crippen molar-refractivity contribution in [1.29, 1.82) is 0 Å². The summed E-state index contributed by atoms with van der Waals surface area (Å²) in [4.78, 5) is 4.60. The molecule has 1 atom stereocenters. The van der Waals surface area contributed by atoms with E-state index < -0.39 is 5.82 Å². The zero-order valence-electron chi connectivity index (χ0n) is 19.6. The van der Waals surface area contributed by atoms with E-state index in [0.717, 1.165) is 25.3 Å². The molecule has 3 aromatic rings. The molecule has 0 amide bonds. The number of nitrogens with zero attached hydrogens (tertiary/aromatic N) is 6. The van der Waals surface area contributed by atoms with Crippen LogP contribution in [0.5, 0.6) is 11.6 Å². The lowest BCUT2D eigenvalue weighted by molar-refractivity contribution is 0.127. The first-order chi connectivity index (χ1) is 15.7. The van der Waals surface area contributed by atoms with Crippen LogP contribution in [0.2, 0.25) is 0 Å². The minimum absolute atomic E-state index is 0.0986. The van der Waals surface area contributed by atoms with Crippen molar-refractivity contribution in [3.63, 3.8) is 0 Å². The Balaban J connectivity index is 1.54. The Kier molecular flexibility index (Phi) is 6.16. The van der Waals surface area contributed by atoms with Gasteiger partial charge in [0.1, 0.15) is 11.6 Å². The van der Waals surface area contributed by atoms with Gasteiger partial charge in [-0.25, -0.2) is 4.39 Å². The van der Waals surface area contributed by atoms with E-state index in [9.17, 15) is 9.50 Å². The van der Waals surface area contributed by atoms with Crippen LogP contribution in [-0.2, 0) is 0 Å². The minimum atomic E-state index is -0.517. The maximum absolute atomic E-state index is 14.9. The summed E-state index contributed by atoms with van der Waals surface area (Å²) in [6, 6.07) is 8.23. The van der Waals surface area contributed by atoms with Gasteiger partial charge in [-0.1, -0.05) is 0 Å². The van der Waals surface area contributed by atoms with Crippen molar-refractivity contribution in [3.05, 3.63) is 42.3 Å². The van der Waals surface area contributed by atoms with E-state index in [4.69, 9.17) is 4.74 Å². The first kappa shape index (κ1) is 22.8. The quantitative estimate of drug-likeness (QED) is 0.626. The Labute approximate surface area is 193 Å². The second-order valence-corrected chi connectivity index (χ2v) is 9.28. The van der Waals surface area contributed by atoms with Gasteiger partial charge in [-0.15, -0.1) is 15.3 Å². The maximum Gasteiger partial charge on any atom is 0.233 e. The van der Waals surface area contributed by atoms with Crippen LogP contribution < -0.4 is 9.64 Å². The van der Waals surface area contributed by atoms with Gasteiger partial charge in [0.05, 0.1) is 19.0 Å². The van der Waals surface area contributed by atoms with Gasteiger partial charge in [0.2, 0.25) is 5.88 Å². The van der Waals surface area contributed by atoms with Crippen LogP contribution >= 0.6 is 0 Å². The second-order valence-electron chi connectivity index (χ2n) is 9.28. The van der Waals surface area contributed by atoms with Crippen molar-refractivity contribution < 1.29 is 14.2 Å². The number of aromatic nitrogens is 4. The number of phenols is 1. The fourth-order valence-corrected chi connectivity index (χ4v) is 4.03. The third-order valence-corrected chi connectivity index (χ3v) is 6.26. The molecule has 1 aliphatic rings. The molecule has 1 aromatic carbocycles. The van der Waals surface area contributed by atoms with Gasteiger partial charge in [0.25, 0.3) is 0 Å². The summed E-state index contributed by atoms with van der Waals surface area (Å²) >= 11 is 0. The Morgan fingerprint density at radius 1 is 1.12 bits per heavy atom. The number of benzene rings is 1. The number of ether oxygens (including phenoxy) is 1. The summed E-state index contributed by atoms with van der Waals surface area (Å²) in [6.45, 7) is 8.41. The van der Waals surface area contributed by atoms with Crippen molar-refractivity contribution in [3.8, 4) is 34.0 Å². The predicted octanol–water partition coefficient (Wildman–Crippen LogP) is 3.76. The summed E-state index contributed by atoms with van der Waals surface area (Å²) in [5.74, 6) is 0.415. The lowest BCUT2D eigenvalue weighted by atomic mass is 10.0. The normalized spacial score (nSPS) is 16.5. The number of hydrogen-bond acceptors (Lipinski definition) is 8. The fourth-order valence-electron chi connectivity index (χ4n) is 4.03. The van der Waals surface area contributed by atoms with Crippen LogP contribution in [0.4, 0.5) is 10.2 Å². The van der Waals surface area contributed by atoms with Crippen molar-refractivity contribution in [2.45, 2.75) is 38.8 Å². The monoisotopic (exact) mass is 452 g/mol. The summed E-state index contributed by atoms with van der Waals surface area (Å²) in [6.07, 6.45) is 2.47. The van der Waals surface area contributed by atoms with E-state index in [2.05, 4.69) is 58.0 Å². The average molecular weight is 453 g/mol. The molecule has 0 bridgehead atoms. The number of likely N-dealkylation sites (N-methyl/N-ethyl adjacent to an activating group) is 1. The number of phenolic OH excluding ortho intramolecular Hbond substituents is 1. The Morgan fingerprint density at radius 2 is 1.91 bits per heavy atom. The number of rotatable bonds is 5. The van der Waals surface area contributed by atoms with Crippen molar-refractivity contribution in [2.24, 2.45) is 0 Å². The van der Waals surface area contributed by atoms with E-state index >= 15 is 0 Å². The third kappa shape index (κ3) is 4.73. The van der Waals surface area contributed by atoms with Crippen LogP contribution in [0, 0.1) is 5.82 Å². The lowest BCUT2D eigenvalue weighted by Crippen LogP contribution is -2.46. The topological polar surface area (TPSA) is 87.5 Å². The highest BCUT2D eigenvalue weighted by Crippen LogP contribution is 2.35. The van der Waals surface area contributed by atoms with Crippen LogP contribution in [0.1, 0.15) is 27.2 Å². The highest BCUT2D eigenvalue weighted by molar-refractivity contribution is 5.75. The van der Waals surface area contributed by atoms with Crippen molar-refractivity contribution in [1.82, 2.24) is 25.3 Å². The highest BCUT2D eigenvalue weighted by atomic mass is 19.1. The standard InChI is InChI=1S/C24H29FN6O2/c1-24(2,3)30(4)16-8-9-31(14-16)22-7-6-20(27-28-22)18-11-19(25)17(12-21(18)32)15-10-23(33-5)29-26-13-15/h6-7,10-13,16,32H,8-9,14H2,1-5H3/t16-/m0/s1. The van der Waals surface area contributed by atoms with Gasteiger partial charge >= 0.3 is 0 Å². The van der Waals surface area contributed by atoms with Crippen molar-refractivity contribution in [2.75, 3.05) is 32.1 Å². The summed E-state index contributed by atoms with van der Waals surface area (Å²) in [7, 11) is 3.61. The molecule has 0 radical (unpaired) electrons. The van der Waals surface area contributed by atoms with E-state index in [1.807, 2.05) is 6.07 Å². The Bertz CT molecular complexity index is 1130. The minimum Gasteiger partial charge on any atom is -0.507 e. The molecule has 9 heteroatoms. The molecule has 1 saturated heterocycles. The average Bonchev–Trinajstić information content (AvgIpc) is 3.29. The van der Waals surface area contributed by atoms with Gasteiger partial charge in [-0.2, -0.15) is 5.10 Å². The highest BCUT2D eigenvalue weighted by Gasteiger charge is 2.32.